The van der Waals surface area contributed by atoms with E-state index in [4.69, 9.17) is 4.74 Å². The molecule has 0 N–H and O–H groups in total. The van der Waals surface area contributed by atoms with Crippen LogP contribution in [0.2, 0.25) is 0 Å². The maximum atomic E-state index is 12.6. The van der Waals surface area contributed by atoms with Crippen LogP contribution < -0.4 is 16.0 Å². The summed E-state index contributed by atoms with van der Waals surface area (Å²) in [6, 6.07) is 7.74. The third-order valence-corrected chi connectivity index (χ3v) is 4.36. The molecule has 2 heterocycles. The fraction of sp³-hybridized carbons (Fsp3) is 0.235. The third kappa shape index (κ3) is 3.05. The molecule has 0 aliphatic heterocycles. The van der Waals surface area contributed by atoms with Crippen LogP contribution in [0.5, 0.6) is 5.88 Å². The Hall–Kier alpha value is -2.61. The summed E-state index contributed by atoms with van der Waals surface area (Å²) >= 11 is 3.44. The highest BCUT2D eigenvalue weighted by Crippen LogP contribution is 2.22. The largest absolute Gasteiger partial charge is 0.472 e. The quantitative estimate of drug-likeness (QED) is 0.608. The highest BCUT2D eigenvalue weighted by molar-refractivity contribution is 9.10. The Bertz CT molecular complexity index is 1080. The minimum absolute atomic E-state index is 0.195. The van der Waals surface area contributed by atoms with Gasteiger partial charge in [0.05, 0.1) is 6.54 Å². The number of fused-ring (bicyclic) bond motifs is 1. The first-order valence-electron chi connectivity index (χ1n) is 7.58. The predicted octanol–water partition coefficient (Wildman–Crippen LogP) is 1.81. The monoisotopic (exact) mass is 404 g/mol. The van der Waals surface area contributed by atoms with E-state index in [1.807, 2.05) is 24.3 Å². The molecule has 25 heavy (non-hydrogen) atoms. The lowest BCUT2D eigenvalue weighted by Gasteiger charge is -2.08. The average molecular weight is 405 g/mol. The average Bonchev–Trinajstić information content (AvgIpc) is 2.94. The minimum Gasteiger partial charge on any atom is -0.472 e. The van der Waals surface area contributed by atoms with Gasteiger partial charge in [-0.15, -0.1) is 5.10 Å². The zero-order valence-corrected chi connectivity index (χ0v) is 15.5. The Labute approximate surface area is 151 Å². The van der Waals surface area contributed by atoms with Gasteiger partial charge in [0.25, 0.3) is 5.56 Å². The van der Waals surface area contributed by atoms with Crippen molar-refractivity contribution in [1.29, 1.82) is 0 Å². The van der Waals surface area contributed by atoms with E-state index in [-0.39, 0.29) is 17.9 Å². The summed E-state index contributed by atoms with van der Waals surface area (Å²) < 4.78 is 10.6. The first kappa shape index (κ1) is 17.2. The molecular formula is C17H17BrN4O3. The van der Waals surface area contributed by atoms with Gasteiger partial charge in [-0.2, -0.15) is 0 Å². The van der Waals surface area contributed by atoms with E-state index in [2.05, 4.69) is 27.6 Å². The normalized spacial score (nSPS) is 11.0. The molecule has 0 fully saturated rings. The molecule has 0 saturated carbocycles. The molecule has 3 aromatic rings. The molecular weight excluding hydrogens is 388 g/mol. The van der Waals surface area contributed by atoms with Crippen LogP contribution in [0.4, 0.5) is 0 Å². The fourth-order valence-corrected chi connectivity index (χ4v) is 3.13. The number of rotatable bonds is 5. The van der Waals surface area contributed by atoms with Crippen LogP contribution >= 0.6 is 15.9 Å². The van der Waals surface area contributed by atoms with Gasteiger partial charge in [-0.3, -0.25) is 13.9 Å². The van der Waals surface area contributed by atoms with E-state index in [9.17, 15) is 9.59 Å². The van der Waals surface area contributed by atoms with Crippen LogP contribution in [0.3, 0.4) is 0 Å². The molecule has 0 radical (unpaired) electrons. The topological polar surface area (TPSA) is 71.1 Å². The van der Waals surface area contributed by atoms with Gasteiger partial charge in [-0.25, -0.2) is 9.48 Å². The summed E-state index contributed by atoms with van der Waals surface area (Å²) in [6.07, 6.45) is 1.58. The van der Waals surface area contributed by atoms with Gasteiger partial charge in [0, 0.05) is 18.6 Å². The highest BCUT2D eigenvalue weighted by Gasteiger charge is 2.20. The van der Waals surface area contributed by atoms with Crippen LogP contribution in [-0.2, 0) is 20.6 Å². The van der Waals surface area contributed by atoms with Gasteiger partial charge in [0.2, 0.25) is 5.88 Å². The van der Waals surface area contributed by atoms with E-state index in [0.29, 0.717) is 12.2 Å². The molecule has 7 nitrogen and oxygen atoms in total. The SMILES string of the molecule is C=CCOc1nn(Cc2cccc(Br)c2)c2c1c(=O)n(C)c(=O)n2C. The number of benzene rings is 1. The van der Waals surface area contributed by atoms with Gasteiger partial charge < -0.3 is 4.74 Å². The second-order valence-electron chi connectivity index (χ2n) is 5.60. The molecule has 0 saturated heterocycles. The van der Waals surface area contributed by atoms with Crippen LogP contribution in [0.15, 0.2) is 51.0 Å². The summed E-state index contributed by atoms with van der Waals surface area (Å²) in [4.78, 5) is 24.9. The number of nitrogens with zero attached hydrogens (tertiary/aromatic N) is 4. The third-order valence-electron chi connectivity index (χ3n) is 3.86. The van der Waals surface area contributed by atoms with Gasteiger partial charge in [0.1, 0.15) is 12.0 Å². The van der Waals surface area contributed by atoms with Crippen molar-refractivity contribution in [3.8, 4) is 5.88 Å². The first-order chi connectivity index (χ1) is 11.9. The second-order valence-corrected chi connectivity index (χ2v) is 6.51. The lowest BCUT2D eigenvalue weighted by molar-refractivity contribution is 0.346. The van der Waals surface area contributed by atoms with Gasteiger partial charge >= 0.3 is 5.69 Å². The molecule has 0 unspecified atom stereocenters. The number of ether oxygens (including phenoxy) is 1. The molecule has 2 aromatic heterocycles. The van der Waals surface area contributed by atoms with Crippen molar-refractivity contribution < 1.29 is 4.74 Å². The Morgan fingerprint density at radius 3 is 2.72 bits per heavy atom. The van der Waals surface area contributed by atoms with Crippen LogP contribution in [0.1, 0.15) is 5.56 Å². The maximum absolute atomic E-state index is 12.6. The summed E-state index contributed by atoms with van der Waals surface area (Å²) in [5.74, 6) is 0.195. The summed E-state index contributed by atoms with van der Waals surface area (Å²) in [5, 5.41) is 4.69. The van der Waals surface area contributed by atoms with Crippen molar-refractivity contribution in [2.75, 3.05) is 6.61 Å². The molecule has 130 valence electrons. The molecule has 8 heteroatoms. The number of hydrogen-bond donors (Lipinski definition) is 0. The maximum Gasteiger partial charge on any atom is 0.332 e. The molecule has 0 amide bonds. The molecule has 0 spiro atoms. The number of halogens is 1. The van der Waals surface area contributed by atoms with Crippen molar-refractivity contribution in [2.24, 2.45) is 14.1 Å². The fourth-order valence-electron chi connectivity index (χ4n) is 2.69. The van der Waals surface area contributed by atoms with Gasteiger partial charge in [-0.1, -0.05) is 40.7 Å². The molecule has 0 atom stereocenters. The summed E-state index contributed by atoms with van der Waals surface area (Å²) in [7, 11) is 3.05. The highest BCUT2D eigenvalue weighted by atomic mass is 79.9. The van der Waals surface area contributed by atoms with Crippen molar-refractivity contribution in [2.45, 2.75) is 6.54 Å². The smallest absolute Gasteiger partial charge is 0.332 e. The number of aryl methyl sites for hydroxylation is 1. The van der Waals surface area contributed by atoms with Gasteiger partial charge in [0.15, 0.2) is 5.65 Å². The Morgan fingerprint density at radius 2 is 2.04 bits per heavy atom. The number of hydrogen-bond acceptors (Lipinski definition) is 4. The van der Waals surface area contributed by atoms with E-state index >= 15 is 0 Å². The van der Waals surface area contributed by atoms with E-state index in [1.54, 1.807) is 17.8 Å². The van der Waals surface area contributed by atoms with E-state index in [0.717, 1.165) is 14.6 Å². The Balaban J connectivity index is 2.26. The molecule has 0 bridgehead atoms. The molecule has 3 rings (SSSR count). The standard InChI is InChI=1S/C17H17BrN4O3/c1-4-8-25-14-13-15(20(2)17(24)21(3)16(13)23)22(19-14)10-11-6-5-7-12(18)9-11/h4-7,9H,1,8,10H2,2-3H3. The van der Waals surface area contributed by atoms with Crippen LogP contribution in [0, 0.1) is 0 Å². The van der Waals surface area contributed by atoms with Crippen molar-refractivity contribution in [1.82, 2.24) is 18.9 Å². The zero-order valence-electron chi connectivity index (χ0n) is 13.9. The lowest BCUT2D eigenvalue weighted by Crippen LogP contribution is -2.37. The molecule has 0 aliphatic rings. The first-order valence-corrected chi connectivity index (χ1v) is 8.38. The Morgan fingerprint density at radius 1 is 1.28 bits per heavy atom. The van der Waals surface area contributed by atoms with Crippen LogP contribution in [0.25, 0.3) is 11.0 Å². The lowest BCUT2D eigenvalue weighted by atomic mass is 10.2. The van der Waals surface area contributed by atoms with Crippen LogP contribution in [-0.4, -0.2) is 25.5 Å². The van der Waals surface area contributed by atoms with E-state index in [1.165, 1.54) is 11.6 Å². The number of aromatic nitrogens is 4. The second kappa shape index (κ2) is 6.72. The minimum atomic E-state index is -0.433. The van der Waals surface area contributed by atoms with Crippen molar-refractivity contribution >= 4 is 27.0 Å². The Kier molecular flexibility index (Phi) is 4.63. The zero-order chi connectivity index (χ0) is 18.1. The molecule has 1 aromatic carbocycles. The summed E-state index contributed by atoms with van der Waals surface area (Å²) in [6.45, 7) is 4.22. The van der Waals surface area contributed by atoms with Gasteiger partial charge in [-0.05, 0) is 17.7 Å². The van der Waals surface area contributed by atoms with Crippen molar-refractivity contribution in [3.05, 3.63) is 67.8 Å². The summed E-state index contributed by atoms with van der Waals surface area (Å²) in [5.41, 5.74) is 0.551. The molecule has 0 aliphatic carbocycles. The van der Waals surface area contributed by atoms with Crippen molar-refractivity contribution in [3.63, 3.8) is 0 Å². The predicted molar refractivity (Wildman–Crippen MR) is 99.2 cm³/mol. The van der Waals surface area contributed by atoms with E-state index < -0.39 is 11.2 Å².